The molecule has 12 heteroatoms. The molecule has 148 valence electrons. The summed E-state index contributed by atoms with van der Waals surface area (Å²) < 4.78 is 64.6. The van der Waals surface area contributed by atoms with Gasteiger partial charge in [-0.25, -0.2) is 22.6 Å². The Morgan fingerprint density at radius 1 is 1.33 bits per heavy atom. The molecule has 0 unspecified atom stereocenters. The van der Waals surface area contributed by atoms with Crippen LogP contribution in [0.3, 0.4) is 0 Å². The lowest BCUT2D eigenvalue weighted by atomic mass is 10.1. The third kappa shape index (κ3) is 5.96. The van der Waals surface area contributed by atoms with Gasteiger partial charge in [0.05, 0.1) is 23.2 Å². The van der Waals surface area contributed by atoms with E-state index in [1.54, 1.807) is 6.07 Å². The summed E-state index contributed by atoms with van der Waals surface area (Å²) in [7, 11) is -2.02. The first kappa shape index (κ1) is 20.7. The summed E-state index contributed by atoms with van der Waals surface area (Å²) in [5.41, 5.74) is -0.749. The molecule has 2 N–H and O–H groups in total. The van der Waals surface area contributed by atoms with Gasteiger partial charge in [-0.05, 0) is 24.3 Å². The van der Waals surface area contributed by atoms with Gasteiger partial charge in [0.1, 0.15) is 0 Å². The lowest BCUT2D eigenvalue weighted by Crippen LogP contribution is -2.38. The Hall–Kier alpha value is -2.60. The number of carbonyl (C=O) groups excluding carboxylic acids is 1. The Morgan fingerprint density at radius 3 is 2.59 bits per heavy atom. The number of sulfonamides is 1. The molecule has 0 aliphatic rings. The molecule has 2 aromatic rings. The smallest absolute Gasteiger partial charge is 0.326 e. The first-order valence-electron chi connectivity index (χ1n) is 7.65. The number of anilines is 1. The minimum Gasteiger partial charge on any atom is -0.326 e. The highest BCUT2D eigenvalue weighted by atomic mass is 32.2. The average Bonchev–Trinajstić information content (AvgIpc) is 3.06. The van der Waals surface area contributed by atoms with Gasteiger partial charge < -0.3 is 10.2 Å². The molecule has 2 amide bonds. The van der Waals surface area contributed by atoms with Crippen molar-refractivity contribution in [1.29, 1.82) is 0 Å². The van der Waals surface area contributed by atoms with Gasteiger partial charge in [0.15, 0.2) is 0 Å². The molecule has 0 fully saturated rings. The average molecular weight is 405 g/mol. The Bertz CT molecular complexity index is 898. The van der Waals surface area contributed by atoms with E-state index in [2.05, 4.69) is 15.1 Å². The van der Waals surface area contributed by atoms with Gasteiger partial charge in [0.25, 0.3) is 0 Å². The number of carbonyl (C=O) groups is 1. The minimum absolute atomic E-state index is 0.0228. The number of nitrogens with one attached hydrogen (secondary N) is 2. The van der Waals surface area contributed by atoms with Crippen molar-refractivity contribution >= 4 is 21.7 Å². The van der Waals surface area contributed by atoms with E-state index < -0.39 is 27.8 Å². The summed E-state index contributed by atoms with van der Waals surface area (Å²) in [4.78, 5) is 13.4. The first-order chi connectivity index (χ1) is 12.5. The van der Waals surface area contributed by atoms with E-state index >= 15 is 0 Å². The van der Waals surface area contributed by atoms with Gasteiger partial charge >= 0.3 is 12.2 Å². The number of alkyl halides is 3. The van der Waals surface area contributed by atoms with Crippen LogP contribution in [0, 0.1) is 0 Å². The number of halogens is 3. The van der Waals surface area contributed by atoms with E-state index in [1.165, 1.54) is 30.2 Å². The number of amides is 2. The molecule has 27 heavy (non-hydrogen) atoms. The third-order valence-electron chi connectivity index (χ3n) is 3.47. The summed E-state index contributed by atoms with van der Waals surface area (Å²) in [6, 6.07) is 3.81. The quantitative estimate of drug-likeness (QED) is 0.767. The van der Waals surface area contributed by atoms with Crippen molar-refractivity contribution in [3.63, 3.8) is 0 Å². The Labute approximate surface area is 154 Å². The number of urea groups is 1. The standard InChI is InChI=1S/C15H18F3N5O3S/c1-22(9-7-20-27(2,25)26)14(24)21-12-10-11(15(16,17)18)4-5-13(12)23-8-3-6-19-23/h3-6,8,10,20H,7,9H2,1-2H3,(H,21,24). The number of aromatic nitrogens is 2. The fourth-order valence-corrected chi connectivity index (χ4v) is 2.60. The Kier molecular flexibility index (Phi) is 6.11. The zero-order valence-electron chi connectivity index (χ0n) is 14.5. The van der Waals surface area contributed by atoms with Crippen LogP contribution in [0.4, 0.5) is 23.7 Å². The predicted molar refractivity (Wildman–Crippen MR) is 93.1 cm³/mol. The van der Waals surface area contributed by atoms with Crippen molar-refractivity contribution in [3.8, 4) is 5.69 Å². The summed E-state index contributed by atoms with van der Waals surface area (Å²) in [5.74, 6) is 0. The van der Waals surface area contributed by atoms with Crippen LogP contribution in [-0.2, 0) is 16.2 Å². The molecule has 8 nitrogen and oxygen atoms in total. The summed E-state index contributed by atoms with van der Waals surface area (Å²) >= 11 is 0. The number of nitrogens with zero attached hydrogens (tertiary/aromatic N) is 3. The molecule has 0 atom stereocenters. The fourth-order valence-electron chi connectivity index (χ4n) is 2.13. The van der Waals surface area contributed by atoms with Crippen LogP contribution < -0.4 is 10.0 Å². The molecule has 2 rings (SSSR count). The molecule has 1 aromatic heterocycles. The Balaban J connectivity index is 2.21. The van der Waals surface area contributed by atoms with Gasteiger partial charge in [0, 0.05) is 32.5 Å². The van der Waals surface area contributed by atoms with E-state index in [0.717, 1.165) is 23.3 Å². The molecule has 0 aliphatic carbocycles. The lowest BCUT2D eigenvalue weighted by Gasteiger charge is -2.20. The van der Waals surface area contributed by atoms with Crippen molar-refractivity contribution in [1.82, 2.24) is 19.4 Å². The number of hydrogen-bond donors (Lipinski definition) is 2. The molecule has 0 saturated carbocycles. The summed E-state index contributed by atoms with van der Waals surface area (Å²) in [6.07, 6.45) is -0.621. The second-order valence-corrected chi connectivity index (χ2v) is 7.53. The molecule has 0 radical (unpaired) electrons. The van der Waals surface area contributed by atoms with E-state index in [1.807, 2.05) is 0 Å². The number of likely N-dealkylation sites (N-methyl/N-ethyl adjacent to an activating group) is 1. The van der Waals surface area contributed by atoms with Crippen LogP contribution in [0.25, 0.3) is 5.69 Å². The monoisotopic (exact) mass is 405 g/mol. The van der Waals surface area contributed by atoms with Crippen molar-refractivity contribution in [2.75, 3.05) is 31.7 Å². The van der Waals surface area contributed by atoms with Crippen LogP contribution >= 0.6 is 0 Å². The number of benzene rings is 1. The van der Waals surface area contributed by atoms with Crippen molar-refractivity contribution < 1.29 is 26.4 Å². The second kappa shape index (κ2) is 7.96. The largest absolute Gasteiger partial charge is 0.416 e. The maximum absolute atomic E-state index is 13.0. The van der Waals surface area contributed by atoms with Crippen LogP contribution in [0.2, 0.25) is 0 Å². The van der Waals surface area contributed by atoms with Crippen LogP contribution in [0.15, 0.2) is 36.7 Å². The minimum atomic E-state index is -4.58. The normalized spacial score (nSPS) is 12.0. The van der Waals surface area contributed by atoms with Crippen LogP contribution in [-0.4, -0.2) is 55.5 Å². The van der Waals surface area contributed by atoms with Gasteiger partial charge in [-0.1, -0.05) is 0 Å². The third-order valence-corrected chi connectivity index (χ3v) is 4.20. The van der Waals surface area contributed by atoms with Gasteiger partial charge in [-0.3, -0.25) is 0 Å². The fraction of sp³-hybridized carbons (Fsp3) is 0.333. The van der Waals surface area contributed by atoms with Crippen molar-refractivity contribution in [2.45, 2.75) is 6.18 Å². The highest BCUT2D eigenvalue weighted by Crippen LogP contribution is 2.33. The summed E-state index contributed by atoms with van der Waals surface area (Å²) in [6.45, 7) is -0.00761. The zero-order valence-corrected chi connectivity index (χ0v) is 15.3. The highest BCUT2D eigenvalue weighted by molar-refractivity contribution is 7.88. The van der Waals surface area contributed by atoms with E-state index in [9.17, 15) is 26.4 Å². The summed E-state index contributed by atoms with van der Waals surface area (Å²) in [5, 5.41) is 6.37. The van der Waals surface area contributed by atoms with E-state index in [-0.39, 0.29) is 24.5 Å². The van der Waals surface area contributed by atoms with Crippen molar-refractivity contribution in [2.24, 2.45) is 0 Å². The van der Waals surface area contributed by atoms with E-state index in [4.69, 9.17) is 0 Å². The SMILES string of the molecule is CN(CCNS(C)(=O)=O)C(=O)Nc1cc(C(F)(F)F)ccc1-n1cccn1. The van der Waals surface area contributed by atoms with Crippen LogP contribution in [0.5, 0.6) is 0 Å². The lowest BCUT2D eigenvalue weighted by molar-refractivity contribution is -0.137. The molecule has 1 heterocycles. The first-order valence-corrected chi connectivity index (χ1v) is 9.54. The zero-order chi connectivity index (χ0) is 20.2. The highest BCUT2D eigenvalue weighted by Gasteiger charge is 2.31. The molecular weight excluding hydrogens is 387 g/mol. The number of rotatable bonds is 6. The molecule has 1 aromatic carbocycles. The van der Waals surface area contributed by atoms with Crippen LogP contribution in [0.1, 0.15) is 5.56 Å². The Morgan fingerprint density at radius 2 is 2.04 bits per heavy atom. The van der Waals surface area contributed by atoms with E-state index in [0.29, 0.717) is 0 Å². The molecule has 0 aliphatic heterocycles. The second-order valence-electron chi connectivity index (χ2n) is 5.70. The predicted octanol–water partition coefficient (Wildman–Crippen LogP) is 1.90. The van der Waals surface area contributed by atoms with Gasteiger partial charge in [-0.15, -0.1) is 0 Å². The topological polar surface area (TPSA) is 96.3 Å². The molecule has 0 saturated heterocycles. The molecular formula is C15H18F3N5O3S. The van der Waals surface area contributed by atoms with Gasteiger partial charge in [0.2, 0.25) is 10.0 Å². The maximum atomic E-state index is 13.0. The number of hydrogen-bond acceptors (Lipinski definition) is 4. The molecule has 0 bridgehead atoms. The maximum Gasteiger partial charge on any atom is 0.416 e. The van der Waals surface area contributed by atoms with Crippen molar-refractivity contribution in [3.05, 3.63) is 42.2 Å². The molecule has 0 spiro atoms. The van der Waals surface area contributed by atoms with Gasteiger partial charge in [-0.2, -0.15) is 18.3 Å².